The number of carbonyl (C=O) groups is 1. The zero-order valence-corrected chi connectivity index (χ0v) is 20.2. The van der Waals surface area contributed by atoms with E-state index in [0.29, 0.717) is 37.9 Å². The first-order valence-electron chi connectivity index (χ1n) is 10.7. The van der Waals surface area contributed by atoms with Crippen LogP contribution in [0, 0.1) is 18.7 Å². The van der Waals surface area contributed by atoms with Crippen LogP contribution in [0.1, 0.15) is 80.8 Å². The molecule has 0 aliphatic carbocycles. The summed E-state index contributed by atoms with van der Waals surface area (Å²) in [5.74, 6) is -0.479. The van der Waals surface area contributed by atoms with E-state index in [1.54, 1.807) is 13.0 Å². The molecule has 0 bridgehead atoms. The molecule has 1 fully saturated rings. The molecule has 1 aliphatic rings. The molecule has 2 rings (SSSR count). The lowest BCUT2D eigenvalue weighted by Crippen LogP contribution is -2.39. The number of nitrogens with zero attached hydrogens (tertiary/aromatic N) is 1. The molecule has 1 aromatic rings. The number of carbonyl (C=O) groups excluding carboxylic acids is 1. The Balaban J connectivity index is 0.00000141. The van der Waals surface area contributed by atoms with E-state index in [9.17, 15) is 22.4 Å². The van der Waals surface area contributed by atoms with Crippen LogP contribution in [0.2, 0.25) is 0 Å². The number of benzene rings is 1. The average molecular weight is 496 g/mol. The van der Waals surface area contributed by atoms with Crippen molar-refractivity contribution < 1.29 is 22.4 Å². The maximum absolute atomic E-state index is 14.2. The summed E-state index contributed by atoms with van der Waals surface area (Å²) >= 11 is 3.49. The van der Waals surface area contributed by atoms with Crippen LogP contribution >= 0.6 is 15.9 Å². The topological polar surface area (TPSA) is 20.3 Å². The molecule has 0 N–H and O–H groups in total. The van der Waals surface area contributed by atoms with Crippen LogP contribution in [0.3, 0.4) is 0 Å². The fourth-order valence-electron chi connectivity index (χ4n) is 3.72. The molecule has 0 aromatic heterocycles. The largest absolute Gasteiger partial charge is 0.401 e. The lowest BCUT2D eigenvalue weighted by atomic mass is 9.81. The Kier molecular flexibility index (Phi) is 11.0. The minimum Gasteiger partial charge on any atom is -0.298 e. The Hall–Kier alpha value is -0.950. The van der Waals surface area contributed by atoms with Gasteiger partial charge in [-0.2, -0.15) is 13.2 Å². The summed E-state index contributed by atoms with van der Waals surface area (Å²) in [6.07, 6.45) is -1.21. The molecular formula is C23H34BrF4NO. The van der Waals surface area contributed by atoms with Gasteiger partial charge in [-0.25, -0.2) is 4.39 Å². The zero-order valence-electron chi connectivity index (χ0n) is 18.6. The summed E-state index contributed by atoms with van der Waals surface area (Å²) in [6.45, 7) is 9.45. The number of rotatable bonds is 6. The van der Waals surface area contributed by atoms with Gasteiger partial charge < -0.3 is 0 Å². The van der Waals surface area contributed by atoms with Crippen molar-refractivity contribution in [3.8, 4) is 0 Å². The van der Waals surface area contributed by atoms with Crippen molar-refractivity contribution in [1.29, 1.82) is 0 Å². The molecule has 1 heterocycles. The number of piperidine rings is 1. The molecular weight excluding hydrogens is 462 g/mol. The molecule has 2 atom stereocenters. The maximum Gasteiger partial charge on any atom is 0.401 e. The Morgan fingerprint density at radius 2 is 1.73 bits per heavy atom. The SMILES string of the molecule is CCC.CCC(C)C(=O)C(Br)c1ccc(F)c(C)c1C1CCN(CC(F)(F)F)CC1. The first-order chi connectivity index (χ1) is 14.0. The number of alkyl halides is 4. The molecule has 172 valence electrons. The first-order valence-corrected chi connectivity index (χ1v) is 11.6. The predicted molar refractivity (Wildman–Crippen MR) is 118 cm³/mol. The van der Waals surface area contributed by atoms with Crippen molar-refractivity contribution in [2.75, 3.05) is 19.6 Å². The number of hydrogen-bond acceptors (Lipinski definition) is 2. The van der Waals surface area contributed by atoms with E-state index >= 15 is 0 Å². The van der Waals surface area contributed by atoms with Crippen LogP contribution in [-0.2, 0) is 4.79 Å². The zero-order chi connectivity index (χ0) is 23.1. The van der Waals surface area contributed by atoms with Gasteiger partial charge in [0.25, 0.3) is 0 Å². The normalized spacial score (nSPS) is 17.8. The quantitative estimate of drug-likeness (QED) is 0.303. The standard InChI is InChI=1S/C20H26BrF4NO.C3H8/c1-4-12(2)19(27)18(21)15-5-6-16(22)13(3)17(15)14-7-9-26(10-8-14)11-20(23,24)25;1-3-2/h5-6,12,14,18H,4,7-11H2,1-3H3;3H2,1-2H3. The summed E-state index contributed by atoms with van der Waals surface area (Å²) in [5, 5.41) is 0. The number of Topliss-reactive ketones (excluding diaryl/α,β-unsaturated/α-hetero) is 1. The molecule has 0 spiro atoms. The summed E-state index contributed by atoms with van der Waals surface area (Å²) in [5.41, 5.74) is 2.01. The Bertz CT molecular complexity index is 685. The van der Waals surface area contributed by atoms with Gasteiger partial charge in [-0.1, -0.05) is 56.1 Å². The molecule has 2 nitrogen and oxygen atoms in total. The van der Waals surface area contributed by atoms with Gasteiger partial charge in [0.15, 0.2) is 5.78 Å². The van der Waals surface area contributed by atoms with Crippen molar-refractivity contribution in [1.82, 2.24) is 4.90 Å². The van der Waals surface area contributed by atoms with Crippen LogP contribution < -0.4 is 0 Å². The minimum atomic E-state index is -4.21. The van der Waals surface area contributed by atoms with Crippen LogP contribution in [0.4, 0.5) is 17.6 Å². The van der Waals surface area contributed by atoms with E-state index in [0.717, 1.165) is 11.1 Å². The average Bonchev–Trinajstić information content (AvgIpc) is 2.68. The van der Waals surface area contributed by atoms with E-state index < -0.39 is 17.5 Å². The van der Waals surface area contributed by atoms with Gasteiger partial charge >= 0.3 is 6.18 Å². The van der Waals surface area contributed by atoms with Crippen molar-refractivity contribution in [3.05, 3.63) is 34.6 Å². The molecule has 1 aromatic carbocycles. The van der Waals surface area contributed by atoms with E-state index in [1.165, 1.54) is 17.4 Å². The molecule has 0 amide bonds. The van der Waals surface area contributed by atoms with Crippen LogP contribution in [0.15, 0.2) is 12.1 Å². The van der Waals surface area contributed by atoms with Crippen molar-refractivity contribution >= 4 is 21.7 Å². The predicted octanol–water partition coefficient (Wildman–Crippen LogP) is 7.34. The lowest BCUT2D eigenvalue weighted by molar-refractivity contribution is -0.148. The number of hydrogen-bond donors (Lipinski definition) is 0. The van der Waals surface area contributed by atoms with E-state index in [1.807, 2.05) is 13.8 Å². The first kappa shape index (κ1) is 27.1. The molecule has 2 unspecified atom stereocenters. The van der Waals surface area contributed by atoms with Gasteiger partial charge in [-0.15, -0.1) is 0 Å². The molecule has 0 radical (unpaired) electrons. The summed E-state index contributed by atoms with van der Waals surface area (Å²) < 4.78 is 52.1. The Morgan fingerprint density at radius 1 is 1.20 bits per heavy atom. The summed E-state index contributed by atoms with van der Waals surface area (Å²) in [6, 6.07) is 3.00. The van der Waals surface area contributed by atoms with E-state index in [-0.39, 0.29) is 23.4 Å². The number of halogens is 5. The highest BCUT2D eigenvalue weighted by Crippen LogP contribution is 2.40. The smallest absolute Gasteiger partial charge is 0.298 e. The maximum atomic E-state index is 14.2. The molecule has 1 saturated heterocycles. The molecule has 7 heteroatoms. The third-order valence-electron chi connectivity index (χ3n) is 5.50. The highest BCUT2D eigenvalue weighted by molar-refractivity contribution is 9.09. The van der Waals surface area contributed by atoms with Gasteiger partial charge in [0, 0.05) is 5.92 Å². The second kappa shape index (κ2) is 12.2. The number of likely N-dealkylation sites (tertiary alicyclic amines) is 1. The van der Waals surface area contributed by atoms with Crippen LogP contribution in [0.25, 0.3) is 0 Å². The van der Waals surface area contributed by atoms with Gasteiger partial charge in [0.2, 0.25) is 0 Å². The Morgan fingerprint density at radius 3 is 2.20 bits per heavy atom. The Labute approximate surface area is 186 Å². The summed E-state index contributed by atoms with van der Waals surface area (Å²) in [7, 11) is 0. The summed E-state index contributed by atoms with van der Waals surface area (Å²) in [4.78, 5) is 13.5. The van der Waals surface area contributed by atoms with Gasteiger partial charge in [-0.3, -0.25) is 9.69 Å². The van der Waals surface area contributed by atoms with Crippen molar-refractivity contribution in [2.45, 2.75) is 77.2 Å². The van der Waals surface area contributed by atoms with Crippen LogP contribution in [0.5, 0.6) is 0 Å². The minimum absolute atomic E-state index is 0.0410. The fourth-order valence-corrected chi connectivity index (χ4v) is 4.57. The third-order valence-corrected chi connectivity index (χ3v) is 6.45. The highest BCUT2D eigenvalue weighted by Gasteiger charge is 2.34. The molecule has 0 saturated carbocycles. The third kappa shape index (κ3) is 7.63. The molecule has 30 heavy (non-hydrogen) atoms. The molecule has 1 aliphatic heterocycles. The number of ketones is 1. The van der Waals surface area contributed by atoms with Crippen molar-refractivity contribution in [2.24, 2.45) is 5.92 Å². The van der Waals surface area contributed by atoms with E-state index in [4.69, 9.17) is 0 Å². The van der Waals surface area contributed by atoms with Crippen molar-refractivity contribution in [3.63, 3.8) is 0 Å². The highest BCUT2D eigenvalue weighted by atomic mass is 79.9. The van der Waals surface area contributed by atoms with E-state index in [2.05, 4.69) is 29.8 Å². The second-order valence-corrected chi connectivity index (χ2v) is 9.04. The second-order valence-electron chi connectivity index (χ2n) is 8.12. The van der Waals surface area contributed by atoms with Gasteiger partial charge in [0.05, 0.1) is 11.4 Å². The lowest BCUT2D eigenvalue weighted by Gasteiger charge is -2.34. The van der Waals surface area contributed by atoms with Crippen LogP contribution in [-0.4, -0.2) is 36.5 Å². The van der Waals surface area contributed by atoms with Gasteiger partial charge in [-0.05, 0) is 68.0 Å². The monoisotopic (exact) mass is 495 g/mol. The fraction of sp³-hybridized carbons (Fsp3) is 0.696. The van der Waals surface area contributed by atoms with Gasteiger partial charge in [0.1, 0.15) is 5.82 Å².